The first-order valence-corrected chi connectivity index (χ1v) is 13.4. The molecule has 0 saturated carbocycles. The van der Waals surface area contributed by atoms with Crippen LogP contribution in [0.15, 0.2) is 73.3 Å². The Morgan fingerprint density at radius 2 is 1.65 bits per heavy atom. The molecule has 4 heterocycles. The number of hydrogen-bond acceptors (Lipinski definition) is 8. The van der Waals surface area contributed by atoms with Crippen molar-refractivity contribution in [2.24, 2.45) is 7.05 Å². The van der Waals surface area contributed by atoms with Gasteiger partial charge in [0.05, 0.1) is 29.9 Å². The first-order valence-electron chi connectivity index (χ1n) is 13.0. The van der Waals surface area contributed by atoms with Crippen molar-refractivity contribution in [3.05, 3.63) is 78.3 Å². The van der Waals surface area contributed by atoms with Crippen LogP contribution in [0.2, 0.25) is 5.02 Å². The normalized spacial score (nSPS) is 13.4. The summed E-state index contributed by atoms with van der Waals surface area (Å²) in [5.41, 5.74) is 5.56. The Hall–Kier alpha value is -4.75. The number of benzene rings is 2. The van der Waals surface area contributed by atoms with E-state index in [9.17, 15) is 13.2 Å². The number of nitrogens with zero attached hydrogens (tertiary/aromatic N) is 6. The second-order valence-corrected chi connectivity index (χ2v) is 9.85. The number of aliphatic carboxylic acids is 1. The van der Waals surface area contributed by atoms with Gasteiger partial charge in [-0.3, -0.25) is 4.68 Å². The first-order chi connectivity index (χ1) is 20.6. The van der Waals surface area contributed by atoms with Crippen molar-refractivity contribution in [3.63, 3.8) is 0 Å². The summed E-state index contributed by atoms with van der Waals surface area (Å²) < 4.78 is 38.9. The Labute approximate surface area is 248 Å². The summed E-state index contributed by atoms with van der Waals surface area (Å²) in [5, 5.41) is 16.1. The highest BCUT2D eigenvalue weighted by Crippen LogP contribution is 2.34. The SMILES string of the molecule is Cn1cc(-c2ccc3cnc(Nc4ccc(-c5ccc(N6CCOCC6)nc5)cc4)nc3c2Cl)cn1.O=C(O)C(F)(F)F. The van der Waals surface area contributed by atoms with Crippen molar-refractivity contribution < 1.29 is 27.8 Å². The van der Waals surface area contributed by atoms with Gasteiger partial charge in [-0.05, 0) is 29.8 Å². The number of morpholine rings is 1. The van der Waals surface area contributed by atoms with Crippen LogP contribution >= 0.6 is 11.6 Å². The van der Waals surface area contributed by atoms with E-state index in [0.717, 1.165) is 65.4 Å². The number of alkyl halides is 3. The van der Waals surface area contributed by atoms with E-state index in [4.69, 9.17) is 31.2 Å². The lowest BCUT2D eigenvalue weighted by molar-refractivity contribution is -0.192. The topological polar surface area (TPSA) is 118 Å². The van der Waals surface area contributed by atoms with Crippen molar-refractivity contribution in [2.75, 3.05) is 36.5 Å². The van der Waals surface area contributed by atoms with Crippen LogP contribution in [0.1, 0.15) is 0 Å². The molecule has 1 aliphatic rings. The third-order valence-corrected chi connectivity index (χ3v) is 6.89. The van der Waals surface area contributed by atoms with Crippen LogP contribution in [0, 0.1) is 0 Å². The molecule has 14 heteroatoms. The summed E-state index contributed by atoms with van der Waals surface area (Å²) in [5.74, 6) is -1.29. The van der Waals surface area contributed by atoms with Crippen LogP contribution in [0.4, 0.5) is 30.6 Å². The van der Waals surface area contributed by atoms with Crippen molar-refractivity contribution >= 4 is 45.9 Å². The minimum atomic E-state index is -5.08. The van der Waals surface area contributed by atoms with Crippen molar-refractivity contribution in [1.82, 2.24) is 24.7 Å². The minimum Gasteiger partial charge on any atom is -0.475 e. The van der Waals surface area contributed by atoms with Gasteiger partial charge in [-0.15, -0.1) is 0 Å². The molecule has 0 unspecified atom stereocenters. The number of hydrogen-bond donors (Lipinski definition) is 2. The molecule has 1 saturated heterocycles. The molecule has 0 amide bonds. The minimum absolute atomic E-state index is 0.483. The van der Waals surface area contributed by atoms with Gasteiger partial charge in [-0.2, -0.15) is 18.3 Å². The number of ether oxygens (including phenoxy) is 1. The van der Waals surface area contributed by atoms with Gasteiger partial charge in [0.2, 0.25) is 5.95 Å². The number of anilines is 3. The quantitative estimate of drug-likeness (QED) is 0.248. The summed E-state index contributed by atoms with van der Waals surface area (Å²) in [6, 6.07) is 16.2. The van der Waals surface area contributed by atoms with Crippen LogP contribution in [0.5, 0.6) is 0 Å². The highest BCUT2D eigenvalue weighted by molar-refractivity contribution is 6.37. The van der Waals surface area contributed by atoms with Gasteiger partial charge in [-0.1, -0.05) is 35.9 Å². The average molecular weight is 612 g/mol. The number of rotatable bonds is 5. The molecule has 0 spiro atoms. The molecule has 0 atom stereocenters. The Kier molecular flexibility index (Phi) is 8.73. The van der Waals surface area contributed by atoms with Gasteiger partial charge in [0, 0.05) is 66.5 Å². The summed E-state index contributed by atoms with van der Waals surface area (Å²) in [6.45, 7) is 3.24. The zero-order valence-corrected chi connectivity index (χ0v) is 23.5. The Bertz CT molecular complexity index is 1720. The average Bonchev–Trinajstić information content (AvgIpc) is 3.44. The lowest BCUT2D eigenvalue weighted by Crippen LogP contribution is -2.36. The Morgan fingerprint density at radius 1 is 0.953 bits per heavy atom. The van der Waals surface area contributed by atoms with E-state index >= 15 is 0 Å². The Morgan fingerprint density at radius 3 is 2.26 bits per heavy atom. The molecular formula is C29H25ClF3N7O3. The molecule has 0 aliphatic carbocycles. The van der Waals surface area contributed by atoms with Crippen LogP contribution in [0.25, 0.3) is 33.2 Å². The molecule has 10 nitrogen and oxygen atoms in total. The van der Waals surface area contributed by atoms with Gasteiger partial charge in [0.15, 0.2) is 0 Å². The van der Waals surface area contributed by atoms with E-state index in [1.165, 1.54) is 0 Å². The fourth-order valence-electron chi connectivity index (χ4n) is 4.32. The van der Waals surface area contributed by atoms with Gasteiger partial charge in [-0.25, -0.2) is 19.7 Å². The van der Waals surface area contributed by atoms with Gasteiger partial charge in [0.1, 0.15) is 5.82 Å². The van der Waals surface area contributed by atoms with E-state index in [1.54, 1.807) is 17.1 Å². The summed E-state index contributed by atoms with van der Waals surface area (Å²) in [7, 11) is 1.88. The third-order valence-electron chi connectivity index (χ3n) is 6.51. The van der Waals surface area contributed by atoms with Gasteiger partial charge in [0.25, 0.3) is 0 Å². The molecule has 6 rings (SSSR count). The van der Waals surface area contributed by atoms with E-state index in [0.29, 0.717) is 16.5 Å². The molecule has 3 aromatic heterocycles. The molecule has 0 radical (unpaired) electrons. The number of halogens is 4. The number of fused-ring (bicyclic) bond motifs is 1. The molecule has 1 aliphatic heterocycles. The number of carboxylic acid groups (broad SMARTS) is 1. The molecule has 2 N–H and O–H groups in total. The number of carboxylic acids is 1. The maximum Gasteiger partial charge on any atom is 0.490 e. The maximum absolute atomic E-state index is 10.6. The highest BCUT2D eigenvalue weighted by atomic mass is 35.5. The van der Waals surface area contributed by atoms with Gasteiger partial charge >= 0.3 is 12.1 Å². The van der Waals surface area contributed by atoms with E-state index < -0.39 is 12.1 Å². The fraction of sp³-hybridized carbons (Fsp3) is 0.207. The monoisotopic (exact) mass is 611 g/mol. The number of aromatic nitrogens is 5. The van der Waals surface area contributed by atoms with Crippen molar-refractivity contribution in [1.29, 1.82) is 0 Å². The predicted molar refractivity (Wildman–Crippen MR) is 156 cm³/mol. The smallest absolute Gasteiger partial charge is 0.475 e. The van der Waals surface area contributed by atoms with Crippen LogP contribution in [-0.4, -0.2) is 68.3 Å². The molecule has 0 bridgehead atoms. The number of aryl methyl sites for hydroxylation is 1. The summed E-state index contributed by atoms with van der Waals surface area (Å²) in [4.78, 5) is 25.0. The zero-order chi connectivity index (χ0) is 30.6. The summed E-state index contributed by atoms with van der Waals surface area (Å²) >= 11 is 6.74. The van der Waals surface area contributed by atoms with E-state index in [1.807, 2.05) is 43.7 Å². The molecule has 222 valence electrons. The number of carbonyl (C=O) groups is 1. The highest BCUT2D eigenvalue weighted by Gasteiger charge is 2.38. The largest absolute Gasteiger partial charge is 0.490 e. The second-order valence-electron chi connectivity index (χ2n) is 9.47. The molecular weight excluding hydrogens is 587 g/mol. The number of pyridine rings is 1. The predicted octanol–water partition coefficient (Wildman–Crippen LogP) is 5.96. The lowest BCUT2D eigenvalue weighted by atomic mass is 10.1. The maximum atomic E-state index is 10.6. The fourth-order valence-corrected chi connectivity index (χ4v) is 4.64. The van der Waals surface area contributed by atoms with Crippen LogP contribution in [0.3, 0.4) is 0 Å². The standard InChI is InChI=1S/C27H24ClN7O.C2HF3O2/c1-34-17-21(16-31-34)23-8-4-20-15-30-27(33-26(20)25(23)28)32-22-6-2-18(3-7-22)19-5-9-24(29-14-19)35-10-12-36-13-11-35;3-2(4,5)1(6)7/h2-9,14-17H,10-13H2,1H3,(H,30,32,33);(H,6,7). The molecule has 1 fully saturated rings. The number of nitrogens with one attached hydrogen (secondary N) is 1. The lowest BCUT2D eigenvalue weighted by Gasteiger charge is -2.27. The van der Waals surface area contributed by atoms with Crippen LogP contribution < -0.4 is 10.2 Å². The molecule has 2 aromatic carbocycles. The van der Waals surface area contributed by atoms with Crippen LogP contribution in [-0.2, 0) is 16.6 Å². The zero-order valence-electron chi connectivity index (χ0n) is 22.7. The molecule has 5 aromatic rings. The third kappa shape index (κ3) is 7.19. The van der Waals surface area contributed by atoms with E-state index in [-0.39, 0.29) is 0 Å². The second kappa shape index (κ2) is 12.6. The summed E-state index contributed by atoms with van der Waals surface area (Å²) in [6.07, 6.45) is 2.34. The van der Waals surface area contributed by atoms with Crippen molar-refractivity contribution in [3.8, 4) is 22.3 Å². The van der Waals surface area contributed by atoms with Gasteiger partial charge < -0.3 is 20.1 Å². The first kappa shape index (κ1) is 29.7. The van der Waals surface area contributed by atoms with Crippen molar-refractivity contribution in [2.45, 2.75) is 6.18 Å². The molecule has 43 heavy (non-hydrogen) atoms. The Balaban J connectivity index is 0.000000472. The van der Waals surface area contributed by atoms with E-state index in [2.05, 4.69) is 49.5 Å².